The zero-order chi connectivity index (χ0) is 22.1. The van der Waals surface area contributed by atoms with Crippen molar-refractivity contribution in [1.82, 2.24) is 15.1 Å². The molecule has 1 amide bonds. The van der Waals surface area contributed by atoms with Crippen LogP contribution in [0.5, 0.6) is 5.88 Å². The average Bonchev–Trinajstić information content (AvgIpc) is 3.09. The van der Waals surface area contributed by atoms with E-state index in [1.807, 2.05) is 20.8 Å². The minimum Gasteiger partial charge on any atom is -0.476 e. The summed E-state index contributed by atoms with van der Waals surface area (Å²) in [5.41, 5.74) is -0.178. The Morgan fingerprint density at radius 1 is 1.20 bits per heavy atom. The molecule has 0 aromatic carbocycles. The third-order valence-corrected chi connectivity index (χ3v) is 4.72. The molecule has 1 aliphatic carbocycles. The second-order valence-corrected chi connectivity index (χ2v) is 8.39. The summed E-state index contributed by atoms with van der Waals surface area (Å²) in [6, 6.07) is 0.201. The van der Waals surface area contributed by atoms with E-state index in [1.54, 1.807) is 24.9 Å². The first-order valence-corrected chi connectivity index (χ1v) is 10.6. The van der Waals surface area contributed by atoms with Crippen molar-refractivity contribution in [3.8, 4) is 5.88 Å². The average molecular weight is 426 g/mol. The van der Waals surface area contributed by atoms with Gasteiger partial charge in [0.15, 0.2) is 0 Å². The molecule has 0 spiro atoms. The van der Waals surface area contributed by atoms with Crippen molar-refractivity contribution in [3.05, 3.63) is 11.8 Å². The number of nitrogens with zero attached hydrogens (tertiary/aromatic N) is 2. The topological polar surface area (TPSA) is 101 Å². The molecule has 0 saturated heterocycles. The Bertz CT molecular complexity index is 689. The van der Waals surface area contributed by atoms with E-state index in [0.717, 1.165) is 25.7 Å². The van der Waals surface area contributed by atoms with Crippen LogP contribution in [0.25, 0.3) is 0 Å². The van der Waals surface area contributed by atoms with Gasteiger partial charge in [0, 0.05) is 32.4 Å². The summed E-state index contributed by atoms with van der Waals surface area (Å²) < 4.78 is 23.0. The molecule has 1 aromatic heterocycles. The van der Waals surface area contributed by atoms with E-state index in [1.165, 1.54) is 0 Å². The highest BCUT2D eigenvalue weighted by molar-refractivity contribution is 5.91. The summed E-state index contributed by atoms with van der Waals surface area (Å²) >= 11 is 0. The maximum atomic E-state index is 12.3. The zero-order valence-corrected chi connectivity index (χ0v) is 18.7. The van der Waals surface area contributed by atoms with Crippen molar-refractivity contribution in [2.24, 2.45) is 0 Å². The maximum absolute atomic E-state index is 12.3. The van der Waals surface area contributed by atoms with Crippen molar-refractivity contribution < 1.29 is 28.5 Å². The van der Waals surface area contributed by atoms with E-state index in [4.69, 9.17) is 18.9 Å². The Balaban J connectivity index is 1.96. The number of nitrogens with one attached hydrogen (secondary N) is 1. The first-order valence-electron chi connectivity index (χ1n) is 10.6. The van der Waals surface area contributed by atoms with Gasteiger partial charge in [0.05, 0.1) is 19.3 Å². The SMILES string of the molecule is CCOC(=O)c1cn([C@H]2CC[C@H](NC(=O)OC(C)(C)C)CC2)nc1OCCCOC. The molecule has 9 heteroatoms. The van der Waals surface area contributed by atoms with Crippen LogP contribution in [0.2, 0.25) is 0 Å². The summed E-state index contributed by atoms with van der Waals surface area (Å²) in [6.45, 7) is 8.56. The standard InChI is InChI=1S/C21H35N3O6/c1-6-28-19(25)17-14-24(23-18(17)29-13-7-12-27-5)16-10-8-15(9-11-16)22-20(26)30-21(2,3)4/h14-16H,6-13H2,1-5H3,(H,22,26)/t15-,16-. The van der Waals surface area contributed by atoms with E-state index >= 15 is 0 Å². The number of ether oxygens (including phenoxy) is 4. The van der Waals surface area contributed by atoms with Crippen molar-refractivity contribution in [3.63, 3.8) is 0 Å². The largest absolute Gasteiger partial charge is 0.476 e. The number of rotatable bonds is 9. The highest BCUT2D eigenvalue weighted by atomic mass is 16.6. The lowest BCUT2D eigenvalue weighted by atomic mass is 9.91. The van der Waals surface area contributed by atoms with Gasteiger partial charge in [0.1, 0.15) is 11.2 Å². The number of carbonyl (C=O) groups is 2. The van der Waals surface area contributed by atoms with Gasteiger partial charge >= 0.3 is 12.1 Å². The number of hydrogen-bond donors (Lipinski definition) is 1. The van der Waals surface area contributed by atoms with Crippen molar-refractivity contribution in [2.45, 2.75) is 77.5 Å². The van der Waals surface area contributed by atoms with Crippen LogP contribution in [0.3, 0.4) is 0 Å². The Kier molecular flexibility index (Phi) is 8.95. The van der Waals surface area contributed by atoms with E-state index in [-0.39, 0.29) is 24.8 Å². The number of aromatic nitrogens is 2. The highest BCUT2D eigenvalue weighted by Crippen LogP contribution is 2.30. The van der Waals surface area contributed by atoms with Crippen molar-refractivity contribution in [1.29, 1.82) is 0 Å². The molecule has 170 valence electrons. The van der Waals surface area contributed by atoms with Crippen LogP contribution < -0.4 is 10.1 Å². The number of carbonyl (C=O) groups excluding carboxylic acids is 2. The fourth-order valence-electron chi connectivity index (χ4n) is 3.35. The number of alkyl carbamates (subject to hydrolysis) is 1. The number of hydrogen-bond acceptors (Lipinski definition) is 7. The van der Waals surface area contributed by atoms with Crippen LogP contribution in [-0.2, 0) is 14.2 Å². The predicted molar refractivity (Wildman–Crippen MR) is 111 cm³/mol. The first kappa shape index (κ1) is 24.0. The second-order valence-electron chi connectivity index (χ2n) is 8.39. The van der Waals surface area contributed by atoms with Gasteiger partial charge in [0.25, 0.3) is 0 Å². The van der Waals surface area contributed by atoms with Gasteiger partial charge < -0.3 is 24.3 Å². The summed E-state index contributed by atoms with van der Waals surface area (Å²) in [4.78, 5) is 24.3. The molecule has 9 nitrogen and oxygen atoms in total. The van der Waals surface area contributed by atoms with Crippen molar-refractivity contribution >= 4 is 12.1 Å². The Morgan fingerprint density at radius 2 is 1.90 bits per heavy atom. The Hall–Kier alpha value is -2.29. The smallest absolute Gasteiger partial charge is 0.407 e. The van der Waals surface area contributed by atoms with Crippen LogP contribution in [0.15, 0.2) is 6.20 Å². The van der Waals surface area contributed by atoms with Gasteiger partial charge in [-0.3, -0.25) is 4.68 Å². The lowest BCUT2D eigenvalue weighted by molar-refractivity contribution is 0.0483. The van der Waals surface area contributed by atoms with Crippen LogP contribution in [0.4, 0.5) is 4.79 Å². The zero-order valence-electron chi connectivity index (χ0n) is 18.7. The third kappa shape index (κ3) is 7.51. The molecule has 1 aromatic rings. The van der Waals surface area contributed by atoms with Crippen molar-refractivity contribution in [2.75, 3.05) is 26.9 Å². The molecule has 0 aliphatic heterocycles. The minimum atomic E-state index is -0.514. The Morgan fingerprint density at radius 3 is 2.50 bits per heavy atom. The molecule has 30 heavy (non-hydrogen) atoms. The maximum Gasteiger partial charge on any atom is 0.407 e. The van der Waals surface area contributed by atoms with Crippen LogP contribution in [0, 0.1) is 0 Å². The highest BCUT2D eigenvalue weighted by Gasteiger charge is 2.28. The summed E-state index contributed by atoms with van der Waals surface area (Å²) in [5.74, 6) is -0.149. The van der Waals surface area contributed by atoms with Gasteiger partial charge in [-0.15, -0.1) is 5.10 Å². The van der Waals surface area contributed by atoms with E-state index < -0.39 is 11.6 Å². The van der Waals surface area contributed by atoms with Gasteiger partial charge in [-0.2, -0.15) is 0 Å². The van der Waals surface area contributed by atoms with Gasteiger partial charge in [0.2, 0.25) is 5.88 Å². The van der Waals surface area contributed by atoms with Crippen LogP contribution in [0.1, 0.15) is 76.2 Å². The summed E-state index contributed by atoms with van der Waals surface area (Å²) in [6.07, 6.45) is 5.29. The monoisotopic (exact) mass is 425 g/mol. The molecule has 1 heterocycles. The second kappa shape index (κ2) is 11.2. The molecule has 0 unspecified atom stereocenters. The molecular weight excluding hydrogens is 390 g/mol. The summed E-state index contributed by atoms with van der Waals surface area (Å²) in [7, 11) is 1.63. The molecular formula is C21H35N3O6. The minimum absolute atomic E-state index is 0.0703. The molecule has 1 fully saturated rings. The summed E-state index contributed by atoms with van der Waals surface area (Å²) in [5, 5.41) is 7.45. The predicted octanol–water partition coefficient (Wildman–Crippen LogP) is 3.48. The number of esters is 1. The number of amides is 1. The van der Waals surface area contributed by atoms with Gasteiger partial charge in [-0.1, -0.05) is 0 Å². The lowest BCUT2D eigenvalue weighted by Crippen LogP contribution is -2.41. The molecule has 1 aliphatic rings. The molecule has 1 N–H and O–H groups in total. The van der Waals surface area contributed by atoms with Gasteiger partial charge in [-0.05, 0) is 53.4 Å². The molecule has 0 atom stereocenters. The molecule has 0 bridgehead atoms. The van der Waals surface area contributed by atoms with Crippen LogP contribution >= 0.6 is 0 Å². The fraction of sp³-hybridized carbons (Fsp3) is 0.762. The normalized spacial score (nSPS) is 19.2. The first-order chi connectivity index (χ1) is 14.2. The van der Waals surface area contributed by atoms with E-state index in [9.17, 15) is 9.59 Å². The van der Waals surface area contributed by atoms with E-state index in [2.05, 4.69) is 10.4 Å². The molecule has 0 radical (unpaired) electrons. The lowest BCUT2D eigenvalue weighted by Gasteiger charge is -2.30. The number of methoxy groups -OCH3 is 1. The van der Waals surface area contributed by atoms with Gasteiger partial charge in [-0.25, -0.2) is 9.59 Å². The van der Waals surface area contributed by atoms with Crippen LogP contribution in [-0.4, -0.2) is 60.4 Å². The van der Waals surface area contributed by atoms with E-state index in [0.29, 0.717) is 31.1 Å². The fourth-order valence-corrected chi connectivity index (χ4v) is 3.35. The molecule has 1 saturated carbocycles. The Labute approximate surface area is 178 Å². The third-order valence-electron chi connectivity index (χ3n) is 4.72. The quantitative estimate of drug-likeness (QED) is 0.477. The molecule has 2 rings (SSSR count).